The quantitative estimate of drug-likeness (QED) is 0.832. The van der Waals surface area contributed by atoms with E-state index in [0.717, 1.165) is 0 Å². The number of amides is 1. The van der Waals surface area contributed by atoms with Gasteiger partial charge in [-0.3, -0.25) is 4.79 Å². The maximum absolute atomic E-state index is 12.3. The lowest BCUT2D eigenvalue weighted by molar-refractivity contribution is -0.120. The summed E-state index contributed by atoms with van der Waals surface area (Å²) in [7, 11) is -4.04. The van der Waals surface area contributed by atoms with E-state index in [9.17, 15) is 13.2 Å². The van der Waals surface area contributed by atoms with E-state index in [1.807, 2.05) is 6.92 Å². The zero-order valence-electron chi connectivity index (χ0n) is 11.1. The molecule has 0 aliphatic carbocycles. The number of benzene rings is 1. The van der Waals surface area contributed by atoms with Gasteiger partial charge in [-0.1, -0.05) is 49.5 Å². The summed E-state index contributed by atoms with van der Waals surface area (Å²) in [5.41, 5.74) is 5.24. The molecule has 0 spiro atoms. The number of sulfonamides is 1. The topological polar surface area (TPSA) is 89.3 Å². The summed E-state index contributed by atoms with van der Waals surface area (Å²) in [5.74, 6) is -0.991. The van der Waals surface area contributed by atoms with Crippen molar-refractivity contribution in [1.82, 2.24) is 4.72 Å². The number of rotatable bonds is 6. The molecule has 0 bridgehead atoms. The summed E-state index contributed by atoms with van der Waals surface area (Å²) < 4.78 is 26.9. The molecular formula is C12H16Cl2N2O3S. The van der Waals surface area contributed by atoms with E-state index in [1.54, 1.807) is 6.92 Å². The maximum atomic E-state index is 12.3. The summed E-state index contributed by atoms with van der Waals surface area (Å²) in [6.07, 6.45) is 0.590. The Labute approximate surface area is 128 Å². The van der Waals surface area contributed by atoms with Gasteiger partial charge in [0.2, 0.25) is 15.9 Å². The Bertz CT molecular complexity index is 584. The van der Waals surface area contributed by atoms with Crippen molar-refractivity contribution < 1.29 is 13.2 Å². The molecule has 3 N–H and O–H groups in total. The van der Waals surface area contributed by atoms with Crippen molar-refractivity contribution in [3.8, 4) is 0 Å². The van der Waals surface area contributed by atoms with Crippen LogP contribution in [0.1, 0.15) is 20.3 Å². The standard InChI is InChI=1S/C12H16Cl2N2O3S/c1-3-7(2)10(12(15)17)16-20(18,19)11-8(13)5-4-6-9(11)14/h4-7,10,16H,3H2,1-2H3,(H2,15,17). The van der Waals surface area contributed by atoms with Crippen molar-refractivity contribution in [2.24, 2.45) is 11.7 Å². The Kier molecular flexibility index (Phi) is 5.82. The molecule has 0 radical (unpaired) electrons. The van der Waals surface area contributed by atoms with E-state index in [4.69, 9.17) is 28.9 Å². The van der Waals surface area contributed by atoms with Crippen molar-refractivity contribution >= 4 is 39.1 Å². The van der Waals surface area contributed by atoms with Crippen LogP contribution in [0, 0.1) is 5.92 Å². The summed E-state index contributed by atoms with van der Waals surface area (Å²) in [6.45, 7) is 3.56. The normalized spacial score (nSPS) is 14.8. The van der Waals surface area contributed by atoms with Crippen molar-refractivity contribution in [1.29, 1.82) is 0 Å². The molecule has 5 nitrogen and oxygen atoms in total. The van der Waals surface area contributed by atoms with Gasteiger partial charge in [-0.05, 0) is 18.1 Å². The van der Waals surface area contributed by atoms with Crippen LogP contribution in [0.25, 0.3) is 0 Å². The molecule has 0 aliphatic rings. The lowest BCUT2D eigenvalue weighted by atomic mass is 10.00. The molecule has 1 rings (SSSR count). The van der Waals surface area contributed by atoms with E-state index in [2.05, 4.69) is 4.72 Å². The van der Waals surface area contributed by atoms with Crippen LogP contribution in [0.2, 0.25) is 10.0 Å². The Morgan fingerprint density at radius 3 is 2.25 bits per heavy atom. The smallest absolute Gasteiger partial charge is 0.244 e. The fraction of sp³-hybridized carbons (Fsp3) is 0.417. The number of hydrogen-bond acceptors (Lipinski definition) is 3. The zero-order chi connectivity index (χ0) is 15.5. The molecule has 2 atom stereocenters. The van der Waals surface area contributed by atoms with E-state index >= 15 is 0 Å². The molecule has 0 fully saturated rings. The van der Waals surface area contributed by atoms with E-state index in [0.29, 0.717) is 6.42 Å². The van der Waals surface area contributed by atoms with Gasteiger partial charge in [0.1, 0.15) is 10.9 Å². The van der Waals surface area contributed by atoms with Gasteiger partial charge in [0.05, 0.1) is 10.0 Å². The van der Waals surface area contributed by atoms with Crippen LogP contribution in [0.3, 0.4) is 0 Å². The van der Waals surface area contributed by atoms with Gasteiger partial charge in [0.15, 0.2) is 0 Å². The third-order valence-electron chi connectivity index (χ3n) is 2.99. The minimum Gasteiger partial charge on any atom is -0.368 e. The van der Waals surface area contributed by atoms with Gasteiger partial charge in [-0.2, -0.15) is 4.72 Å². The lowest BCUT2D eigenvalue weighted by Crippen LogP contribution is -2.48. The molecule has 0 aromatic heterocycles. The van der Waals surface area contributed by atoms with Gasteiger partial charge >= 0.3 is 0 Å². The second kappa shape index (κ2) is 6.76. The maximum Gasteiger partial charge on any atom is 0.244 e. The Balaban J connectivity index is 3.20. The van der Waals surface area contributed by atoms with Gasteiger partial charge in [-0.25, -0.2) is 8.42 Å². The molecule has 0 saturated heterocycles. The number of carbonyl (C=O) groups is 1. The molecule has 20 heavy (non-hydrogen) atoms. The number of hydrogen-bond donors (Lipinski definition) is 2. The third kappa shape index (κ3) is 3.85. The highest BCUT2D eigenvalue weighted by Gasteiger charge is 2.30. The average molecular weight is 339 g/mol. The molecule has 112 valence electrons. The largest absolute Gasteiger partial charge is 0.368 e. The highest BCUT2D eigenvalue weighted by molar-refractivity contribution is 7.89. The first-order chi connectivity index (χ1) is 9.20. The van der Waals surface area contributed by atoms with Gasteiger partial charge in [0, 0.05) is 0 Å². The van der Waals surface area contributed by atoms with Gasteiger partial charge in [0.25, 0.3) is 0 Å². The second-order valence-electron chi connectivity index (χ2n) is 4.44. The monoisotopic (exact) mass is 338 g/mol. The van der Waals surface area contributed by atoms with Crippen LogP contribution in [-0.2, 0) is 14.8 Å². The van der Waals surface area contributed by atoms with E-state index in [-0.39, 0.29) is 20.9 Å². The summed E-state index contributed by atoms with van der Waals surface area (Å²) in [5, 5.41) is -0.0326. The molecule has 2 unspecified atom stereocenters. The zero-order valence-corrected chi connectivity index (χ0v) is 13.4. The van der Waals surface area contributed by atoms with Gasteiger partial charge < -0.3 is 5.73 Å². The second-order valence-corrected chi connectivity index (χ2v) is 6.90. The molecule has 0 aliphatic heterocycles. The molecular weight excluding hydrogens is 323 g/mol. The highest BCUT2D eigenvalue weighted by Crippen LogP contribution is 2.29. The van der Waals surface area contributed by atoms with Crippen LogP contribution in [0.5, 0.6) is 0 Å². The SMILES string of the molecule is CCC(C)C(NS(=O)(=O)c1c(Cl)cccc1Cl)C(N)=O. The summed E-state index contributed by atoms with van der Waals surface area (Å²) in [4.78, 5) is 11.2. The predicted molar refractivity (Wildman–Crippen MR) is 79.2 cm³/mol. The molecule has 8 heteroatoms. The first kappa shape index (κ1) is 17.2. The average Bonchev–Trinajstić information content (AvgIpc) is 2.34. The molecule has 0 saturated carbocycles. The summed E-state index contributed by atoms with van der Waals surface area (Å²) >= 11 is 11.7. The van der Waals surface area contributed by atoms with Crippen LogP contribution in [0.4, 0.5) is 0 Å². The minimum atomic E-state index is -4.04. The third-order valence-corrected chi connectivity index (χ3v) is 5.38. The molecule has 1 aromatic rings. The highest BCUT2D eigenvalue weighted by atomic mass is 35.5. The molecule has 0 heterocycles. The first-order valence-corrected chi connectivity index (χ1v) is 8.20. The van der Waals surface area contributed by atoms with Crippen molar-refractivity contribution in [2.75, 3.05) is 0 Å². The number of primary amides is 1. The fourth-order valence-electron chi connectivity index (χ4n) is 1.66. The van der Waals surface area contributed by atoms with Crippen LogP contribution in [0.15, 0.2) is 23.1 Å². The predicted octanol–water partition coefficient (Wildman–Crippen LogP) is 2.17. The van der Waals surface area contributed by atoms with Crippen molar-refractivity contribution in [3.05, 3.63) is 28.2 Å². The number of carbonyl (C=O) groups excluding carboxylic acids is 1. The first-order valence-electron chi connectivity index (χ1n) is 5.96. The number of halogens is 2. The number of nitrogens with one attached hydrogen (secondary N) is 1. The summed E-state index contributed by atoms with van der Waals surface area (Å²) in [6, 6.07) is 3.33. The van der Waals surface area contributed by atoms with Crippen LogP contribution >= 0.6 is 23.2 Å². The lowest BCUT2D eigenvalue weighted by Gasteiger charge is -2.21. The Morgan fingerprint density at radius 2 is 1.85 bits per heavy atom. The van der Waals surface area contributed by atoms with Crippen LogP contribution < -0.4 is 10.5 Å². The van der Waals surface area contributed by atoms with E-state index < -0.39 is 22.0 Å². The molecule has 1 amide bonds. The van der Waals surface area contributed by atoms with Crippen molar-refractivity contribution in [2.45, 2.75) is 31.2 Å². The van der Waals surface area contributed by atoms with E-state index in [1.165, 1.54) is 18.2 Å². The Hall–Kier alpha value is -0.820. The fourth-order valence-corrected chi connectivity index (χ4v) is 4.11. The van der Waals surface area contributed by atoms with Gasteiger partial charge in [-0.15, -0.1) is 0 Å². The number of nitrogens with two attached hydrogens (primary N) is 1. The minimum absolute atomic E-state index is 0.0163. The molecule has 1 aromatic carbocycles. The van der Waals surface area contributed by atoms with Crippen LogP contribution in [-0.4, -0.2) is 20.4 Å². The Morgan fingerprint density at radius 1 is 1.35 bits per heavy atom. The van der Waals surface area contributed by atoms with Crippen molar-refractivity contribution in [3.63, 3.8) is 0 Å².